The van der Waals surface area contributed by atoms with Crippen LogP contribution in [0.4, 0.5) is 18.9 Å². The molecule has 2 heterocycles. The summed E-state index contributed by atoms with van der Waals surface area (Å²) in [6, 6.07) is 15.9. The van der Waals surface area contributed by atoms with Gasteiger partial charge in [-0.3, -0.25) is 10.1 Å². The molecule has 0 fully saturated rings. The van der Waals surface area contributed by atoms with Crippen molar-refractivity contribution in [2.45, 2.75) is 6.30 Å². The Hall–Kier alpha value is -3.74. The van der Waals surface area contributed by atoms with Crippen molar-refractivity contribution >= 4 is 44.7 Å². The van der Waals surface area contributed by atoms with Gasteiger partial charge in [-0.1, -0.05) is 30.3 Å². The lowest BCUT2D eigenvalue weighted by atomic mass is 10.0. The van der Waals surface area contributed by atoms with E-state index in [1.54, 1.807) is 18.3 Å². The Morgan fingerprint density at radius 3 is 2.28 bits per heavy atom. The molecule has 0 spiro atoms. The molecule has 2 aromatic heterocycles. The molecule has 5 rings (SSSR count). The van der Waals surface area contributed by atoms with Crippen molar-refractivity contribution in [2.24, 2.45) is 0 Å². The lowest BCUT2D eigenvalue weighted by Gasteiger charge is -2.10. The van der Waals surface area contributed by atoms with Crippen LogP contribution in [-0.2, 0) is 0 Å². The third-order valence-corrected chi connectivity index (χ3v) is 5.09. The van der Waals surface area contributed by atoms with Crippen LogP contribution in [0.2, 0.25) is 0 Å². The molecule has 5 aromatic rings. The molecule has 0 bridgehead atoms. The number of carbonyl (C=O) groups excluding carboxylic acids is 1. The van der Waals surface area contributed by atoms with Gasteiger partial charge in [0, 0.05) is 39.1 Å². The second-order valence-electron chi connectivity index (χ2n) is 6.86. The van der Waals surface area contributed by atoms with Gasteiger partial charge in [0.1, 0.15) is 0 Å². The molecule has 0 amide bonds. The van der Waals surface area contributed by atoms with Crippen LogP contribution in [0.25, 0.3) is 43.8 Å². The van der Waals surface area contributed by atoms with Crippen LogP contribution < -0.4 is 5.32 Å². The lowest BCUT2D eigenvalue weighted by molar-refractivity contribution is -0.0999. The molecule has 0 unspecified atom stereocenters. The third-order valence-electron chi connectivity index (χ3n) is 5.09. The molecule has 3 aromatic carbocycles. The predicted molar refractivity (Wildman–Crippen MR) is 108 cm³/mol. The number of H-pyrrole nitrogens is 2. The fourth-order valence-corrected chi connectivity index (χ4v) is 3.77. The Morgan fingerprint density at radius 2 is 1.55 bits per heavy atom. The van der Waals surface area contributed by atoms with Gasteiger partial charge in [0.2, 0.25) is 0 Å². The van der Waals surface area contributed by atoms with E-state index in [0.717, 1.165) is 50.1 Å². The van der Waals surface area contributed by atoms with Crippen LogP contribution in [0.1, 0.15) is 10.4 Å². The van der Waals surface area contributed by atoms with Crippen LogP contribution in [0, 0.1) is 0 Å². The normalized spacial score (nSPS) is 12.1. The molecule has 0 atom stereocenters. The Kier molecular flexibility index (Phi) is 3.67. The maximum absolute atomic E-state index is 12.5. The van der Waals surface area contributed by atoms with E-state index in [-0.39, 0.29) is 5.69 Å². The van der Waals surface area contributed by atoms with Gasteiger partial charge in [0.05, 0.1) is 11.0 Å². The summed E-state index contributed by atoms with van der Waals surface area (Å²) < 4.78 is 37.4. The van der Waals surface area contributed by atoms with Crippen LogP contribution in [0.3, 0.4) is 0 Å². The molecule has 0 saturated heterocycles. The molecular weight excluding hydrogens is 379 g/mol. The minimum atomic E-state index is -4.46. The number of rotatable bonds is 3. The quantitative estimate of drug-likeness (QED) is 0.252. The van der Waals surface area contributed by atoms with E-state index < -0.39 is 6.30 Å². The SMILES string of the molecule is O=Cc1c[nH]c2c1ccc1c3cc(-c4ccc(NC(F)(F)F)cc4)ccc3[nH]c12. The van der Waals surface area contributed by atoms with Gasteiger partial charge in [-0.25, -0.2) is 0 Å². The summed E-state index contributed by atoms with van der Waals surface area (Å²) in [5, 5.41) is 4.36. The highest BCUT2D eigenvalue weighted by molar-refractivity contribution is 6.18. The number of anilines is 1. The van der Waals surface area contributed by atoms with E-state index in [4.69, 9.17) is 0 Å². The van der Waals surface area contributed by atoms with Gasteiger partial charge >= 0.3 is 6.30 Å². The molecule has 0 saturated carbocycles. The molecule has 0 aliphatic rings. The monoisotopic (exact) mass is 393 g/mol. The highest BCUT2D eigenvalue weighted by Crippen LogP contribution is 2.34. The first-order valence-corrected chi connectivity index (χ1v) is 8.89. The number of fused-ring (bicyclic) bond motifs is 5. The van der Waals surface area contributed by atoms with Gasteiger partial charge in [0.25, 0.3) is 0 Å². The summed E-state index contributed by atoms with van der Waals surface area (Å²) >= 11 is 0. The number of nitrogens with one attached hydrogen (secondary N) is 3. The van der Waals surface area contributed by atoms with E-state index >= 15 is 0 Å². The Morgan fingerprint density at radius 1 is 0.828 bits per heavy atom. The van der Waals surface area contributed by atoms with Crippen LogP contribution >= 0.6 is 0 Å². The van der Waals surface area contributed by atoms with Crippen molar-refractivity contribution in [3.05, 3.63) is 66.4 Å². The van der Waals surface area contributed by atoms with Crippen molar-refractivity contribution < 1.29 is 18.0 Å². The first kappa shape index (κ1) is 17.4. The lowest BCUT2D eigenvalue weighted by Crippen LogP contribution is -2.20. The second-order valence-corrected chi connectivity index (χ2v) is 6.86. The summed E-state index contributed by atoms with van der Waals surface area (Å²) in [6.07, 6.45) is -1.95. The van der Waals surface area contributed by atoms with Crippen molar-refractivity contribution in [1.29, 1.82) is 0 Å². The molecule has 7 heteroatoms. The second kappa shape index (κ2) is 6.13. The maximum atomic E-state index is 12.5. The molecule has 3 N–H and O–H groups in total. The molecule has 4 nitrogen and oxygen atoms in total. The number of carbonyl (C=O) groups is 1. The van der Waals surface area contributed by atoms with Gasteiger partial charge in [-0.2, -0.15) is 13.2 Å². The minimum Gasteiger partial charge on any atom is -0.359 e. The molecule has 144 valence electrons. The Balaban J connectivity index is 1.61. The standard InChI is InChI=1S/C22H14F3N3O/c23-22(24,25)28-15-4-1-12(2-5-15)13-3-8-19-18(9-13)17-7-6-16-14(11-29)10-26-20(16)21(17)27-19/h1-11,26-28H. The molecule has 0 radical (unpaired) electrons. The maximum Gasteiger partial charge on any atom is 0.482 e. The number of aromatic nitrogens is 2. The first-order valence-electron chi connectivity index (χ1n) is 8.89. The first-order chi connectivity index (χ1) is 13.9. The molecule has 0 aliphatic carbocycles. The van der Waals surface area contributed by atoms with Gasteiger partial charge in [0.15, 0.2) is 6.29 Å². The summed E-state index contributed by atoms with van der Waals surface area (Å²) in [5.74, 6) is 0. The molecular formula is C22H14F3N3O. The Labute approximate surface area is 162 Å². The number of benzene rings is 3. The van der Waals surface area contributed by atoms with E-state index in [1.165, 1.54) is 17.4 Å². The number of hydrogen-bond acceptors (Lipinski definition) is 2. The topological polar surface area (TPSA) is 60.7 Å². The van der Waals surface area contributed by atoms with E-state index in [1.807, 2.05) is 30.3 Å². The van der Waals surface area contributed by atoms with Gasteiger partial charge in [-0.15, -0.1) is 0 Å². The Bertz CT molecular complexity index is 1380. The smallest absolute Gasteiger partial charge is 0.359 e. The summed E-state index contributed by atoms with van der Waals surface area (Å²) in [4.78, 5) is 17.7. The molecule has 29 heavy (non-hydrogen) atoms. The van der Waals surface area contributed by atoms with Crippen LogP contribution in [0.15, 0.2) is 60.8 Å². The number of aromatic amines is 2. The number of alkyl halides is 3. The molecule has 0 aliphatic heterocycles. The van der Waals surface area contributed by atoms with Crippen molar-refractivity contribution in [3.63, 3.8) is 0 Å². The number of hydrogen-bond donors (Lipinski definition) is 3. The van der Waals surface area contributed by atoms with Crippen molar-refractivity contribution in [3.8, 4) is 11.1 Å². The van der Waals surface area contributed by atoms with E-state index in [0.29, 0.717) is 5.56 Å². The zero-order valence-corrected chi connectivity index (χ0v) is 14.9. The highest BCUT2D eigenvalue weighted by Gasteiger charge is 2.26. The fraction of sp³-hybridized carbons (Fsp3) is 0.0455. The summed E-state index contributed by atoms with van der Waals surface area (Å²) in [6.45, 7) is 0. The van der Waals surface area contributed by atoms with Crippen LogP contribution in [-0.4, -0.2) is 22.6 Å². The van der Waals surface area contributed by atoms with Crippen LogP contribution in [0.5, 0.6) is 0 Å². The zero-order valence-electron chi connectivity index (χ0n) is 14.9. The van der Waals surface area contributed by atoms with E-state index in [2.05, 4.69) is 9.97 Å². The fourth-order valence-electron chi connectivity index (χ4n) is 3.77. The average molecular weight is 393 g/mol. The number of halogens is 3. The minimum absolute atomic E-state index is 0.00505. The summed E-state index contributed by atoms with van der Waals surface area (Å²) in [5.41, 5.74) is 5.03. The van der Waals surface area contributed by atoms with Crippen molar-refractivity contribution in [1.82, 2.24) is 9.97 Å². The largest absolute Gasteiger partial charge is 0.482 e. The van der Waals surface area contributed by atoms with E-state index in [9.17, 15) is 18.0 Å². The number of aldehydes is 1. The van der Waals surface area contributed by atoms with Crippen molar-refractivity contribution in [2.75, 3.05) is 5.32 Å². The van der Waals surface area contributed by atoms with Gasteiger partial charge < -0.3 is 9.97 Å². The summed E-state index contributed by atoms with van der Waals surface area (Å²) in [7, 11) is 0. The average Bonchev–Trinajstić information content (AvgIpc) is 3.27. The zero-order chi connectivity index (χ0) is 20.2. The highest BCUT2D eigenvalue weighted by atomic mass is 19.4. The predicted octanol–water partition coefficient (Wildman–Crippen LogP) is 6.21. The van der Waals surface area contributed by atoms with Gasteiger partial charge in [-0.05, 0) is 35.4 Å². The third kappa shape index (κ3) is 2.91.